The molecule has 0 aliphatic heterocycles. The lowest BCUT2D eigenvalue weighted by Gasteiger charge is -2.22. The van der Waals surface area contributed by atoms with E-state index in [9.17, 15) is 9.59 Å². The molecule has 6 heteroatoms. The fourth-order valence-electron chi connectivity index (χ4n) is 1.45. The molecule has 1 N–H and O–H groups in total. The van der Waals surface area contributed by atoms with Crippen LogP contribution in [0.3, 0.4) is 0 Å². The van der Waals surface area contributed by atoms with Crippen LogP contribution in [0.15, 0.2) is 4.42 Å². The Labute approximate surface area is 112 Å². The van der Waals surface area contributed by atoms with Gasteiger partial charge in [-0.3, -0.25) is 4.79 Å². The van der Waals surface area contributed by atoms with E-state index < -0.39 is 23.5 Å². The predicted molar refractivity (Wildman–Crippen MR) is 68.8 cm³/mol. The number of hydrogen-bond donors (Lipinski definition) is 1. The Kier molecular flexibility index (Phi) is 4.34. The highest BCUT2D eigenvalue weighted by atomic mass is 16.6. The Bertz CT molecular complexity index is 485. The van der Waals surface area contributed by atoms with Gasteiger partial charge in [-0.2, -0.15) is 0 Å². The highest BCUT2D eigenvalue weighted by molar-refractivity contribution is 5.95. The number of ether oxygens (including phenoxy) is 1. The minimum atomic E-state index is -0.753. The van der Waals surface area contributed by atoms with Gasteiger partial charge in [0.25, 0.3) is 5.91 Å². The van der Waals surface area contributed by atoms with E-state index in [1.165, 1.54) is 0 Å². The minimum Gasteiger partial charge on any atom is -0.458 e. The zero-order chi connectivity index (χ0) is 14.8. The third-order valence-corrected chi connectivity index (χ3v) is 2.22. The number of rotatable bonds is 3. The van der Waals surface area contributed by atoms with Crippen molar-refractivity contribution in [2.45, 2.75) is 53.2 Å². The molecule has 1 rings (SSSR count). The second-order valence-corrected chi connectivity index (χ2v) is 5.38. The topological polar surface area (TPSA) is 81.4 Å². The van der Waals surface area contributed by atoms with Crippen molar-refractivity contribution in [2.24, 2.45) is 0 Å². The molecule has 6 nitrogen and oxygen atoms in total. The zero-order valence-corrected chi connectivity index (χ0v) is 12.2. The van der Waals surface area contributed by atoms with Gasteiger partial charge in [0.15, 0.2) is 5.89 Å². The van der Waals surface area contributed by atoms with Gasteiger partial charge in [-0.15, -0.1) is 0 Å². The number of carbonyl (C=O) groups is 2. The normalized spacial score (nSPS) is 12.9. The largest absolute Gasteiger partial charge is 0.458 e. The summed E-state index contributed by atoms with van der Waals surface area (Å²) in [6, 6.07) is -0.753. The number of aryl methyl sites for hydroxylation is 2. The summed E-state index contributed by atoms with van der Waals surface area (Å²) < 4.78 is 10.4. The van der Waals surface area contributed by atoms with Crippen LogP contribution in [0.2, 0.25) is 0 Å². The van der Waals surface area contributed by atoms with Crippen molar-refractivity contribution in [3.63, 3.8) is 0 Å². The molecule has 0 aliphatic carbocycles. The molecule has 1 aromatic rings. The zero-order valence-electron chi connectivity index (χ0n) is 12.2. The van der Waals surface area contributed by atoms with E-state index in [2.05, 4.69) is 10.3 Å². The van der Waals surface area contributed by atoms with Crippen LogP contribution in [0.25, 0.3) is 0 Å². The molecular weight excluding hydrogens is 248 g/mol. The van der Waals surface area contributed by atoms with Crippen molar-refractivity contribution < 1.29 is 18.7 Å². The number of esters is 1. The summed E-state index contributed by atoms with van der Waals surface area (Å²) in [5.74, 6) is -0.438. The fourth-order valence-corrected chi connectivity index (χ4v) is 1.45. The summed E-state index contributed by atoms with van der Waals surface area (Å²) in [7, 11) is 0. The highest BCUT2D eigenvalue weighted by Gasteiger charge is 2.25. The summed E-state index contributed by atoms with van der Waals surface area (Å²) in [5.41, 5.74) is -0.0965. The Balaban J connectivity index is 2.67. The van der Waals surface area contributed by atoms with E-state index in [4.69, 9.17) is 9.15 Å². The lowest BCUT2D eigenvalue weighted by Crippen LogP contribution is -2.42. The van der Waals surface area contributed by atoms with Gasteiger partial charge in [0.05, 0.1) is 5.69 Å². The van der Waals surface area contributed by atoms with E-state index in [0.29, 0.717) is 11.6 Å². The lowest BCUT2D eigenvalue weighted by atomic mass is 10.2. The van der Waals surface area contributed by atoms with Gasteiger partial charge in [-0.25, -0.2) is 9.78 Å². The first-order valence-corrected chi connectivity index (χ1v) is 6.08. The van der Waals surface area contributed by atoms with Crippen LogP contribution in [0.4, 0.5) is 0 Å². The van der Waals surface area contributed by atoms with Crippen LogP contribution < -0.4 is 5.32 Å². The molecule has 1 amide bonds. The molecular formula is C13H20N2O4. The fraction of sp³-hybridized carbons (Fsp3) is 0.615. The van der Waals surface area contributed by atoms with Crippen LogP contribution in [0.1, 0.15) is 49.8 Å². The minimum absolute atomic E-state index is 0.118. The van der Waals surface area contributed by atoms with Gasteiger partial charge in [0.1, 0.15) is 11.6 Å². The Morgan fingerprint density at radius 2 is 1.89 bits per heavy atom. The van der Waals surface area contributed by atoms with Crippen LogP contribution in [-0.2, 0) is 9.53 Å². The van der Waals surface area contributed by atoms with Crippen molar-refractivity contribution in [1.82, 2.24) is 10.3 Å². The van der Waals surface area contributed by atoms with Gasteiger partial charge < -0.3 is 14.5 Å². The summed E-state index contributed by atoms with van der Waals surface area (Å²) >= 11 is 0. The maximum atomic E-state index is 11.9. The second kappa shape index (κ2) is 5.42. The van der Waals surface area contributed by atoms with E-state index in [1.54, 1.807) is 41.5 Å². The van der Waals surface area contributed by atoms with Crippen LogP contribution in [-0.4, -0.2) is 28.5 Å². The molecule has 0 fully saturated rings. The molecule has 0 spiro atoms. The summed E-state index contributed by atoms with van der Waals surface area (Å²) in [6.45, 7) is 10.2. The molecule has 0 unspecified atom stereocenters. The number of carbonyl (C=O) groups excluding carboxylic acids is 2. The molecule has 0 aromatic carbocycles. The number of nitrogens with zero attached hydrogens (tertiary/aromatic N) is 1. The Hall–Kier alpha value is -1.85. The molecule has 0 aliphatic rings. The second-order valence-electron chi connectivity index (χ2n) is 5.38. The molecule has 106 valence electrons. The van der Waals surface area contributed by atoms with Crippen molar-refractivity contribution in [3.05, 3.63) is 17.3 Å². The van der Waals surface area contributed by atoms with Crippen molar-refractivity contribution in [1.29, 1.82) is 0 Å². The SMILES string of the molecule is Cc1nc(C)c(C(=O)N[C@H](C)C(=O)OC(C)(C)C)o1. The molecule has 0 saturated heterocycles. The summed E-state index contributed by atoms with van der Waals surface area (Å²) in [4.78, 5) is 27.6. The summed E-state index contributed by atoms with van der Waals surface area (Å²) in [5, 5.41) is 2.53. The standard InChI is InChI=1S/C13H20N2O4/c1-7-10(18-9(3)14-7)11(16)15-8(2)12(17)19-13(4,5)6/h8H,1-6H3,(H,15,16)/t8-/m1/s1. The van der Waals surface area contributed by atoms with Crippen molar-refractivity contribution in [3.8, 4) is 0 Å². The first-order chi connectivity index (χ1) is 8.60. The number of nitrogens with one attached hydrogen (secondary N) is 1. The van der Waals surface area contributed by atoms with E-state index in [0.717, 1.165) is 0 Å². The van der Waals surface area contributed by atoms with Gasteiger partial charge in [-0.05, 0) is 34.6 Å². The number of amides is 1. The van der Waals surface area contributed by atoms with E-state index >= 15 is 0 Å². The third kappa shape index (κ3) is 4.39. The Morgan fingerprint density at radius 3 is 2.32 bits per heavy atom. The monoisotopic (exact) mass is 268 g/mol. The Morgan fingerprint density at radius 1 is 1.32 bits per heavy atom. The number of oxazole rings is 1. The maximum absolute atomic E-state index is 11.9. The number of hydrogen-bond acceptors (Lipinski definition) is 5. The van der Waals surface area contributed by atoms with Crippen LogP contribution in [0.5, 0.6) is 0 Å². The average Bonchev–Trinajstić information content (AvgIpc) is 2.55. The highest BCUT2D eigenvalue weighted by Crippen LogP contribution is 2.11. The van der Waals surface area contributed by atoms with Crippen LogP contribution in [0, 0.1) is 13.8 Å². The van der Waals surface area contributed by atoms with Crippen molar-refractivity contribution >= 4 is 11.9 Å². The average molecular weight is 268 g/mol. The number of aromatic nitrogens is 1. The molecule has 1 heterocycles. The van der Waals surface area contributed by atoms with Gasteiger partial charge in [0.2, 0.25) is 5.76 Å². The van der Waals surface area contributed by atoms with Crippen molar-refractivity contribution in [2.75, 3.05) is 0 Å². The van der Waals surface area contributed by atoms with Gasteiger partial charge >= 0.3 is 5.97 Å². The molecule has 0 saturated carbocycles. The first kappa shape index (κ1) is 15.2. The van der Waals surface area contributed by atoms with E-state index in [1.807, 2.05) is 0 Å². The van der Waals surface area contributed by atoms with E-state index in [-0.39, 0.29) is 5.76 Å². The predicted octanol–water partition coefficient (Wildman–Crippen LogP) is 1.75. The smallest absolute Gasteiger partial charge is 0.328 e. The lowest BCUT2D eigenvalue weighted by molar-refractivity contribution is -0.156. The molecule has 1 aromatic heterocycles. The maximum Gasteiger partial charge on any atom is 0.328 e. The summed E-state index contributed by atoms with van der Waals surface area (Å²) in [6.07, 6.45) is 0. The third-order valence-electron chi connectivity index (χ3n) is 2.22. The molecule has 0 radical (unpaired) electrons. The van der Waals surface area contributed by atoms with Gasteiger partial charge in [-0.1, -0.05) is 0 Å². The first-order valence-electron chi connectivity index (χ1n) is 6.08. The molecule has 1 atom stereocenters. The quantitative estimate of drug-likeness (QED) is 0.845. The molecule has 0 bridgehead atoms. The van der Waals surface area contributed by atoms with Crippen LogP contribution >= 0.6 is 0 Å². The molecule has 19 heavy (non-hydrogen) atoms. The van der Waals surface area contributed by atoms with Gasteiger partial charge in [0, 0.05) is 6.92 Å².